The fourth-order valence-corrected chi connectivity index (χ4v) is 1.77. The summed E-state index contributed by atoms with van der Waals surface area (Å²) in [4.78, 5) is 0. The second-order valence-electron chi connectivity index (χ2n) is 4.00. The van der Waals surface area contributed by atoms with E-state index in [9.17, 15) is 0 Å². The van der Waals surface area contributed by atoms with Crippen molar-refractivity contribution in [2.75, 3.05) is 0 Å². The first kappa shape index (κ1) is 11.1. The van der Waals surface area contributed by atoms with Gasteiger partial charge in [-0.2, -0.15) is 0 Å². The van der Waals surface area contributed by atoms with E-state index < -0.39 is 0 Å². The molecule has 0 aliphatic rings. The molecule has 0 fully saturated rings. The summed E-state index contributed by atoms with van der Waals surface area (Å²) in [6, 6.07) is 0. The standard InChI is InChI=1S/C13H21N/c1-6-8-12-11(4)14(5)9-13(12)10(3)7-2/h6,8-10H,7H2,1-5H3/b8-6-. The number of aryl methyl sites for hydroxylation is 1. The average Bonchev–Trinajstić information content (AvgIpc) is 2.45. The molecule has 78 valence electrons. The van der Waals surface area contributed by atoms with Gasteiger partial charge in [-0.05, 0) is 37.3 Å². The van der Waals surface area contributed by atoms with Crippen LogP contribution in [0.15, 0.2) is 12.3 Å². The summed E-state index contributed by atoms with van der Waals surface area (Å²) < 4.78 is 2.22. The topological polar surface area (TPSA) is 4.93 Å². The second-order valence-corrected chi connectivity index (χ2v) is 4.00. The molecule has 0 aliphatic heterocycles. The number of allylic oxidation sites excluding steroid dienone is 1. The molecule has 0 radical (unpaired) electrons. The van der Waals surface area contributed by atoms with Gasteiger partial charge in [-0.3, -0.25) is 0 Å². The molecule has 0 aromatic carbocycles. The molecule has 1 aromatic rings. The lowest BCUT2D eigenvalue weighted by molar-refractivity contribution is 0.729. The van der Waals surface area contributed by atoms with E-state index in [1.165, 1.54) is 23.2 Å². The van der Waals surface area contributed by atoms with Crippen molar-refractivity contribution in [2.45, 2.75) is 40.0 Å². The van der Waals surface area contributed by atoms with Crippen molar-refractivity contribution in [1.82, 2.24) is 4.57 Å². The first-order valence-corrected chi connectivity index (χ1v) is 5.40. The smallest absolute Gasteiger partial charge is 0.0216 e. The van der Waals surface area contributed by atoms with Crippen LogP contribution in [0.5, 0.6) is 0 Å². The zero-order valence-electron chi connectivity index (χ0n) is 9.96. The maximum absolute atomic E-state index is 2.29. The SMILES string of the molecule is C/C=C\c1c(C(C)CC)cn(C)c1C. The summed E-state index contributed by atoms with van der Waals surface area (Å²) in [7, 11) is 2.12. The van der Waals surface area contributed by atoms with Crippen LogP contribution < -0.4 is 0 Å². The van der Waals surface area contributed by atoms with Crippen molar-refractivity contribution in [3.05, 3.63) is 29.1 Å². The van der Waals surface area contributed by atoms with Crippen molar-refractivity contribution in [1.29, 1.82) is 0 Å². The third kappa shape index (κ3) is 1.92. The third-order valence-corrected chi connectivity index (χ3v) is 3.04. The van der Waals surface area contributed by atoms with Gasteiger partial charge in [0, 0.05) is 18.9 Å². The van der Waals surface area contributed by atoms with E-state index in [1.54, 1.807) is 0 Å². The molecule has 0 saturated carbocycles. The lowest BCUT2D eigenvalue weighted by Crippen LogP contribution is -1.91. The van der Waals surface area contributed by atoms with Gasteiger partial charge in [-0.1, -0.05) is 26.0 Å². The van der Waals surface area contributed by atoms with Crippen LogP contribution in [0.25, 0.3) is 6.08 Å². The van der Waals surface area contributed by atoms with Gasteiger partial charge in [0.05, 0.1) is 0 Å². The minimum absolute atomic E-state index is 0.654. The molecule has 14 heavy (non-hydrogen) atoms. The lowest BCUT2D eigenvalue weighted by Gasteiger charge is -2.07. The highest BCUT2D eigenvalue weighted by atomic mass is 14.9. The molecule has 1 rings (SSSR count). The van der Waals surface area contributed by atoms with Gasteiger partial charge < -0.3 is 4.57 Å². The molecule has 0 bridgehead atoms. The molecule has 1 heteroatoms. The highest BCUT2D eigenvalue weighted by Crippen LogP contribution is 2.27. The van der Waals surface area contributed by atoms with E-state index in [-0.39, 0.29) is 0 Å². The van der Waals surface area contributed by atoms with Crippen LogP contribution in [0.3, 0.4) is 0 Å². The average molecular weight is 191 g/mol. The molecule has 1 aromatic heterocycles. The normalized spacial score (nSPS) is 13.8. The quantitative estimate of drug-likeness (QED) is 0.683. The molecular formula is C13H21N. The summed E-state index contributed by atoms with van der Waals surface area (Å²) >= 11 is 0. The van der Waals surface area contributed by atoms with Crippen LogP contribution in [0, 0.1) is 6.92 Å². The maximum atomic E-state index is 2.29. The summed E-state index contributed by atoms with van der Waals surface area (Å²) in [5.41, 5.74) is 4.24. The molecule has 0 N–H and O–H groups in total. The van der Waals surface area contributed by atoms with Crippen molar-refractivity contribution < 1.29 is 0 Å². The van der Waals surface area contributed by atoms with Crippen molar-refractivity contribution in [3.8, 4) is 0 Å². The predicted molar refractivity (Wildman–Crippen MR) is 63.6 cm³/mol. The van der Waals surface area contributed by atoms with Gasteiger partial charge in [-0.25, -0.2) is 0 Å². The van der Waals surface area contributed by atoms with E-state index in [2.05, 4.69) is 57.7 Å². The molecule has 0 spiro atoms. The Balaban J connectivity index is 3.21. The maximum Gasteiger partial charge on any atom is 0.0216 e. The van der Waals surface area contributed by atoms with Crippen LogP contribution in [-0.4, -0.2) is 4.57 Å². The number of nitrogens with zero attached hydrogens (tertiary/aromatic N) is 1. The largest absolute Gasteiger partial charge is 0.354 e. The first-order chi connectivity index (χ1) is 6.61. The Kier molecular flexibility index (Phi) is 3.56. The molecule has 1 heterocycles. The molecule has 1 unspecified atom stereocenters. The Morgan fingerprint density at radius 2 is 2.14 bits per heavy atom. The van der Waals surface area contributed by atoms with Crippen molar-refractivity contribution in [3.63, 3.8) is 0 Å². The fraction of sp³-hybridized carbons (Fsp3) is 0.538. The van der Waals surface area contributed by atoms with Crippen LogP contribution >= 0.6 is 0 Å². The summed E-state index contributed by atoms with van der Waals surface area (Å²) in [6.45, 7) is 8.79. The van der Waals surface area contributed by atoms with Gasteiger partial charge in [-0.15, -0.1) is 0 Å². The molecule has 1 nitrogen and oxygen atoms in total. The Morgan fingerprint density at radius 3 is 2.64 bits per heavy atom. The van der Waals surface area contributed by atoms with Gasteiger partial charge >= 0.3 is 0 Å². The Hall–Kier alpha value is -0.980. The van der Waals surface area contributed by atoms with E-state index in [0.717, 1.165) is 0 Å². The molecule has 0 saturated heterocycles. The summed E-state index contributed by atoms with van der Waals surface area (Å²) in [5, 5.41) is 0. The molecular weight excluding hydrogens is 170 g/mol. The van der Waals surface area contributed by atoms with Gasteiger partial charge in [0.25, 0.3) is 0 Å². The number of rotatable bonds is 3. The van der Waals surface area contributed by atoms with Crippen LogP contribution in [0.1, 0.15) is 49.9 Å². The number of aromatic nitrogens is 1. The van der Waals surface area contributed by atoms with Gasteiger partial charge in [0.2, 0.25) is 0 Å². The zero-order valence-corrected chi connectivity index (χ0v) is 9.96. The van der Waals surface area contributed by atoms with E-state index in [1.807, 2.05) is 0 Å². The van der Waals surface area contributed by atoms with Gasteiger partial charge in [0.15, 0.2) is 0 Å². The minimum atomic E-state index is 0.654. The van der Waals surface area contributed by atoms with E-state index in [0.29, 0.717) is 5.92 Å². The van der Waals surface area contributed by atoms with Crippen molar-refractivity contribution >= 4 is 6.08 Å². The zero-order chi connectivity index (χ0) is 10.7. The monoisotopic (exact) mass is 191 g/mol. The minimum Gasteiger partial charge on any atom is -0.354 e. The Morgan fingerprint density at radius 1 is 1.50 bits per heavy atom. The first-order valence-electron chi connectivity index (χ1n) is 5.40. The highest BCUT2D eigenvalue weighted by Gasteiger charge is 2.12. The lowest BCUT2D eigenvalue weighted by atomic mass is 9.96. The van der Waals surface area contributed by atoms with Gasteiger partial charge in [0.1, 0.15) is 0 Å². The van der Waals surface area contributed by atoms with Crippen LogP contribution in [0.4, 0.5) is 0 Å². The van der Waals surface area contributed by atoms with Crippen LogP contribution in [0.2, 0.25) is 0 Å². The van der Waals surface area contributed by atoms with Crippen LogP contribution in [-0.2, 0) is 7.05 Å². The van der Waals surface area contributed by atoms with E-state index >= 15 is 0 Å². The summed E-state index contributed by atoms with van der Waals surface area (Å²) in [5.74, 6) is 0.654. The Bertz CT molecular complexity index is 331. The molecule has 0 aliphatic carbocycles. The molecule has 0 amide bonds. The number of hydrogen-bond donors (Lipinski definition) is 0. The summed E-state index contributed by atoms with van der Waals surface area (Å²) in [6.07, 6.45) is 7.80. The predicted octanol–water partition coefficient (Wildman–Crippen LogP) is 3.88. The highest BCUT2D eigenvalue weighted by molar-refractivity contribution is 5.57. The van der Waals surface area contributed by atoms with E-state index in [4.69, 9.17) is 0 Å². The second kappa shape index (κ2) is 4.50. The number of hydrogen-bond acceptors (Lipinski definition) is 0. The molecule has 1 atom stereocenters. The van der Waals surface area contributed by atoms with Crippen molar-refractivity contribution in [2.24, 2.45) is 7.05 Å². The fourth-order valence-electron chi connectivity index (χ4n) is 1.77. The third-order valence-electron chi connectivity index (χ3n) is 3.04. The Labute approximate surface area is 87.4 Å².